The number of carboxylic acid groups (broad SMARTS) is 1. The minimum absolute atomic E-state index is 0.0934. The Morgan fingerprint density at radius 3 is 2.38 bits per heavy atom. The number of carbonyl (C=O) groups excluding carboxylic acids is 1. The van der Waals surface area contributed by atoms with Gasteiger partial charge in [-0.25, -0.2) is 18.4 Å². The fourth-order valence-corrected chi connectivity index (χ4v) is 3.14. The molecule has 0 heterocycles. The Morgan fingerprint density at radius 2 is 1.79 bits per heavy atom. The molecule has 7 nitrogen and oxygen atoms in total. The van der Waals surface area contributed by atoms with E-state index in [1.807, 2.05) is 13.8 Å². The van der Waals surface area contributed by atoms with E-state index in [1.165, 1.54) is 11.0 Å². The van der Waals surface area contributed by atoms with Gasteiger partial charge < -0.3 is 24.8 Å². The zero-order valence-electron chi connectivity index (χ0n) is 19.7. The fourth-order valence-electron chi connectivity index (χ4n) is 3.14. The predicted molar refractivity (Wildman–Crippen MR) is 125 cm³/mol. The maximum absolute atomic E-state index is 13.9. The number of amides is 2. The first-order chi connectivity index (χ1) is 16.2. The van der Waals surface area contributed by atoms with Crippen molar-refractivity contribution in [2.75, 3.05) is 31.6 Å². The van der Waals surface area contributed by atoms with Crippen LogP contribution in [0.1, 0.15) is 32.8 Å². The van der Waals surface area contributed by atoms with Crippen LogP contribution in [0, 0.1) is 17.6 Å². The molecule has 34 heavy (non-hydrogen) atoms. The van der Waals surface area contributed by atoms with E-state index in [0.29, 0.717) is 30.9 Å². The van der Waals surface area contributed by atoms with Crippen LogP contribution in [0.4, 0.5) is 19.3 Å². The van der Waals surface area contributed by atoms with Gasteiger partial charge in [-0.1, -0.05) is 26.0 Å². The molecule has 2 amide bonds. The van der Waals surface area contributed by atoms with E-state index in [-0.39, 0.29) is 25.3 Å². The van der Waals surface area contributed by atoms with Crippen LogP contribution in [0.3, 0.4) is 0 Å². The number of urea groups is 1. The molecule has 1 atom stereocenters. The van der Waals surface area contributed by atoms with E-state index in [4.69, 9.17) is 9.47 Å². The Kier molecular flexibility index (Phi) is 10.7. The Labute approximate surface area is 198 Å². The lowest BCUT2D eigenvalue weighted by atomic mass is 10.1. The third-order valence-electron chi connectivity index (χ3n) is 5.05. The number of ether oxygens (including phenoxy) is 2. The van der Waals surface area contributed by atoms with Crippen LogP contribution >= 0.6 is 0 Å². The summed E-state index contributed by atoms with van der Waals surface area (Å²) in [7, 11) is 0. The van der Waals surface area contributed by atoms with E-state index in [9.17, 15) is 23.5 Å². The SMILES string of the molecule is CCOC(Cc1ccc(OCCN(CCC(C)C)C(=O)Nc2ccc(F)cc2F)cc1)C(=O)O. The average molecular weight is 479 g/mol. The number of hydrogen-bond acceptors (Lipinski definition) is 4. The Morgan fingerprint density at radius 1 is 1.09 bits per heavy atom. The molecule has 9 heteroatoms. The number of rotatable bonds is 13. The summed E-state index contributed by atoms with van der Waals surface area (Å²) in [6.45, 7) is 7.04. The van der Waals surface area contributed by atoms with Crippen LogP contribution in [0.15, 0.2) is 42.5 Å². The molecule has 0 saturated carbocycles. The monoisotopic (exact) mass is 478 g/mol. The van der Waals surface area contributed by atoms with Crippen LogP contribution in [-0.2, 0) is 16.0 Å². The highest BCUT2D eigenvalue weighted by Gasteiger charge is 2.18. The first kappa shape index (κ1) is 27.0. The van der Waals surface area contributed by atoms with Gasteiger partial charge in [0.1, 0.15) is 24.0 Å². The largest absolute Gasteiger partial charge is 0.492 e. The van der Waals surface area contributed by atoms with Gasteiger partial charge in [0.25, 0.3) is 0 Å². The second-order valence-corrected chi connectivity index (χ2v) is 8.20. The van der Waals surface area contributed by atoms with Crippen molar-refractivity contribution in [2.24, 2.45) is 5.92 Å². The molecule has 0 aliphatic heterocycles. The van der Waals surface area contributed by atoms with Crippen LogP contribution in [-0.4, -0.2) is 54.4 Å². The molecule has 0 spiro atoms. The average Bonchev–Trinajstić information content (AvgIpc) is 2.78. The second-order valence-electron chi connectivity index (χ2n) is 8.20. The Balaban J connectivity index is 1.94. The molecule has 1 unspecified atom stereocenters. The number of hydrogen-bond donors (Lipinski definition) is 2. The maximum atomic E-state index is 13.9. The molecule has 186 valence electrons. The minimum atomic E-state index is -1.01. The highest BCUT2D eigenvalue weighted by atomic mass is 19.1. The lowest BCUT2D eigenvalue weighted by Crippen LogP contribution is -2.39. The summed E-state index contributed by atoms with van der Waals surface area (Å²) < 4.78 is 38.0. The number of nitrogens with one attached hydrogen (secondary N) is 1. The molecular formula is C25H32F2N2O5. The molecule has 2 aromatic carbocycles. The van der Waals surface area contributed by atoms with Crippen molar-refractivity contribution in [1.82, 2.24) is 4.90 Å². The van der Waals surface area contributed by atoms with Gasteiger partial charge in [-0.05, 0) is 49.1 Å². The Bertz CT molecular complexity index is 937. The molecular weight excluding hydrogens is 446 g/mol. The van der Waals surface area contributed by atoms with Crippen molar-refractivity contribution in [3.05, 3.63) is 59.7 Å². The number of carbonyl (C=O) groups is 2. The molecule has 0 aromatic heterocycles. The van der Waals surface area contributed by atoms with Crippen molar-refractivity contribution < 1.29 is 33.0 Å². The van der Waals surface area contributed by atoms with Gasteiger partial charge in [0, 0.05) is 25.6 Å². The van der Waals surface area contributed by atoms with Crippen molar-refractivity contribution in [3.8, 4) is 5.75 Å². The summed E-state index contributed by atoms with van der Waals surface area (Å²) in [6.07, 6.45) is 0.0845. The Hall–Kier alpha value is -3.20. The molecule has 2 rings (SSSR count). The first-order valence-electron chi connectivity index (χ1n) is 11.3. The lowest BCUT2D eigenvalue weighted by Gasteiger charge is -2.24. The van der Waals surface area contributed by atoms with Gasteiger partial charge in [0.15, 0.2) is 6.10 Å². The van der Waals surface area contributed by atoms with E-state index >= 15 is 0 Å². The molecule has 2 N–H and O–H groups in total. The number of anilines is 1. The van der Waals surface area contributed by atoms with Crippen LogP contribution in [0.2, 0.25) is 0 Å². The number of benzene rings is 2. The van der Waals surface area contributed by atoms with Gasteiger partial charge in [-0.3, -0.25) is 0 Å². The van der Waals surface area contributed by atoms with Crippen LogP contribution in [0.5, 0.6) is 5.75 Å². The second kappa shape index (κ2) is 13.5. The summed E-state index contributed by atoms with van der Waals surface area (Å²) in [5, 5.41) is 11.7. The number of halogens is 2. The summed E-state index contributed by atoms with van der Waals surface area (Å²) in [4.78, 5) is 25.5. The standard InChI is InChI=1S/C25H32F2N2O5/c1-4-33-23(24(30)31)15-18-5-8-20(9-6-18)34-14-13-29(12-11-17(2)3)25(32)28-22-10-7-19(26)16-21(22)27/h5-10,16-17,23H,4,11-15H2,1-3H3,(H,28,32)(H,30,31). The number of aliphatic carboxylic acids is 1. The maximum Gasteiger partial charge on any atom is 0.333 e. The summed E-state index contributed by atoms with van der Waals surface area (Å²) >= 11 is 0. The third-order valence-corrected chi connectivity index (χ3v) is 5.05. The van der Waals surface area contributed by atoms with Crippen molar-refractivity contribution in [1.29, 1.82) is 0 Å². The smallest absolute Gasteiger partial charge is 0.333 e. The molecule has 0 radical (unpaired) electrons. The quantitative estimate of drug-likeness (QED) is 0.425. The highest BCUT2D eigenvalue weighted by molar-refractivity contribution is 5.89. The molecule has 0 aliphatic carbocycles. The van der Waals surface area contributed by atoms with Gasteiger partial charge in [-0.15, -0.1) is 0 Å². The van der Waals surface area contributed by atoms with Crippen molar-refractivity contribution in [2.45, 2.75) is 39.7 Å². The zero-order chi connectivity index (χ0) is 25.1. The van der Waals surface area contributed by atoms with Crippen LogP contribution < -0.4 is 10.1 Å². The third kappa shape index (κ3) is 8.97. The first-order valence-corrected chi connectivity index (χ1v) is 11.3. The molecule has 0 aliphatic rings. The normalized spacial score (nSPS) is 11.8. The summed E-state index contributed by atoms with van der Waals surface area (Å²) in [5.41, 5.74) is 0.705. The van der Waals surface area contributed by atoms with E-state index in [1.54, 1.807) is 31.2 Å². The number of carboxylic acids is 1. The van der Waals surface area contributed by atoms with E-state index in [0.717, 1.165) is 18.1 Å². The van der Waals surface area contributed by atoms with Gasteiger partial charge in [-0.2, -0.15) is 0 Å². The van der Waals surface area contributed by atoms with Gasteiger partial charge >= 0.3 is 12.0 Å². The minimum Gasteiger partial charge on any atom is -0.492 e. The van der Waals surface area contributed by atoms with Crippen LogP contribution in [0.25, 0.3) is 0 Å². The lowest BCUT2D eigenvalue weighted by molar-refractivity contribution is -0.149. The van der Waals surface area contributed by atoms with Gasteiger partial charge in [0.05, 0.1) is 12.2 Å². The van der Waals surface area contributed by atoms with E-state index in [2.05, 4.69) is 5.32 Å². The zero-order valence-corrected chi connectivity index (χ0v) is 19.7. The summed E-state index contributed by atoms with van der Waals surface area (Å²) in [6, 6.07) is 9.47. The molecule has 0 bridgehead atoms. The predicted octanol–water partition coefficient (Wildman–Crippen LogP) is 4.96. The molecule has 0 saturated heterocycles. The van der Waals surface area contributed by atoms with E-state index < -0.39 is 29.7 Å². The fraction of sp³-hybridized carbons (Fsp3) is 0.440. The van der Waals surface area contributed by atoms with Crippen molar-refractivity contribution >= 4 is 17.7 Å². The molecule has 2 aromatic rings. The van der Waals surface area contributed by atoms with Gasteiger partial charge in [0.2, 0.25) is 0 Å². The highest BCUT2D eigenvalue weighted by Crippen LogP contribution is 2.17. The van der Waals surface area contributed by atoms with Crippen molar-refractivity contribution in [3.63, 3.8) is 0 Å². The number of nitrogens with zero attached hydrogens (tertiary/aromatic N) is 1. The summed E-state index contributed by atoms with van der Waals surface area (Å²) in [5.74, 6) is -1.65. The topological polar surface area (TPSA) is 88.1 Å². The molecule has 0 fully saturated rings.